The fourth-order valence-electron chi connectivity index (χ4n) is 1.76. The predicted octanol–water partition coefficient (Wildman–Crippen LogP) is 1.94. The Kier molecular flexibility index (Phi) is 4.62. The van der Waals surface area contributed by atoms with Gasteiger partial charge < -0.3 is 14.3 Å². The molecule has 2 N–H and O–H groups in total. The van der Waals surface area contributed by atoms with Gasteiger partial charge in [0.1, 0.15) is 11.9 Å². The van der Waals surface area contributed by atoms with Crippen LogP contribution in [0.1, 0.15) is 12.0 Å². The number of ether oxygens (including phenoxy) is 2. The van der Waals surface area contributed by atoms with E-state index in [0.717, 1.165) is 25.0 Å². The zero-order valence-electron chi connectivity index (χ0n) is 9.52. The molecule has 5 heteroatoms. The Balaban J connectivity index is 1.98. The van der Waals surface area contributed by atoms with Gasteiger partial charge in [0, 0.05) is 6.42 Å². The van der Waals surface area contributed by atoms with Crippen molar-refractivity contribution in [2.75, 3.05) is 19.8 Å². The van der Waals surface area contributed by atoms with Crippen LogP contribution in [0.2, 0.25) is 5.02 Å². The van der Waals surface area contributed by atoms with Crippen molar-refractivity contribution in [2.45, 2.75) is 18.9 Å². The average Bonchev–Trinajstić information content (AvgIpc) is 2.82. The standard InChI is InChI=1S/C12H16ClNO3/c13-11-7-9(3-6-16-14)1-2-12(11)17-10-4-5-15-8-10/h1-2,7,10H,3-6,8,14H2. The molecule has 0 bridgehead atoms. The van der Waals surface area contributed by atoms with Crippen molar-refractivity contribution in [1.29, 1.82) is 0 Å². The minimum Gasteiger partial charge on any atom is -0.486 e. The molecule has 1 unspecified atom stereocenters. The summed E-state index contributed by atoms with van der Waals surface area (Å²) in [4.78, 5) is 4.53. The zero-order valence-corrected chi connectivity index (χ0v) is 10.3. The summed E-state index contributed by atoms with van der Waals surface area (Å²) in [5.41, 5.74) is 1.08. The van der Waals surface area contributed by atoms with Gasteiger partial charge in [-0.05, 0) is 24.1 Å². The second-order valence-corrected chi connectivity index (χ2v) is 4.40. The highest BCUT2D eigenvalue weighted by molar-refractivity contribution is 6.32. The molecule has 0 aromatic heterocycles. The van der Waals surface area contributed by atoms with Crippen molar-refractivity contribution in [3.63, 3.8) is 0 Å². The molecule has 1 saturated heterocycles. The van der Waals surface area contributed by atoms with E-state index in [1.807, 2.05) is 18.2 Å². The number of halogens is 1. The Morgan fingerprint density at radius 2 is 2.35 bits per heavy atom. The lowest BCUT2D eigenvalue weighted by Gasteiger charge is -2.13. The van der Waals surface area contributed by atoms with Gasteiger partial charge in [-0.15, -0.1) is 0 Å². The van der Waals surface area contributed by atoms with Crippen LogP contribution < -0.4 is 10.6 Å². The second-order valence-electron chi connectivity index (χ2n) is 3.99. The zero-order chi connectivity index (χ0) is 12.1. The van der Waals surface area contributed by atoms with Crippen molar-refractivity contribution >= 4 is 11.6 Å². The normalized spacial score (nSPS) is 19.5. The molecule has 0 saturated carbocycles. The molecule has 2 rings (SSSR count). The van der Waals surface area contributed by atoms with Crippen LogP contribution in [-0.2, 0) is 16.0 Å². The van der Waals surface area contributed by atoms with Crippen LogP contribution in [0.25, 0.3) is 0 Å². The number of nitrogens with two attached hydrogens (primary N) is 1. The predicted molar refractivity (Wildman–Crippen MR) is 65.1 cm³/mol. The maximum atomic E-state index is 6.15. The van der Waals surface area contributed by atoms with E-state index in [2.05, 4.69) is 4.84 Å². The van der Waals surface area contributed by atoms with Gasteiger partial charge in [0.05, 0.1) is 24.8 Å². The molecule has 1 heterocycles. The third kappa shape index (κ3) is 3.57. The summed E-state index contributed by atoms with van der Waals surface area (Å²) in [7, 11) is 0. The first-order valence-electron chi connectivity index (χ1n) is 5.64. The van der Waals surface area contributed by atoms with E-state index in [9.17, 15) is 0 Å². The fourth-order valence-corrected chi connectivity index (χ4v) is 2.01. The fraction of sp³-hybridized carbons (Fsp3) is 0.500. The van der Waals surface area contributed by atoms with Gasteiger partial charge >= 0.3 is 0 Å². The van der Waals surface area contributed by atoms with Crippen LogP contribution in [0.4, 0.5) is 0 Å². The van der Waals surface area contributed by atoms with E-state index >= 15 is 0 Å². The molecule has 1 aliphatic rings. The van der Waals surface area contributed by atoms with Gasteiger partial charge in [-0.3, -0.25) is 0 Å². The molecular weight excluding hydrogens is 242 g/mol. The van der Waals surface area contributed by atoms with Gasteiger partial charge in [0.2, 0.25) is 0 Å². The molecule has 0 amide bonds. The summed E-state index contributed by atoms with van der Waals surface area (Å²) >= 11 is 6.15. The first-order valence-corrected chi connectivity index (χ1v) is 6.02. The minimum atomic E-state index is 0.116. The van der Waals surface area contributed by atoms with E-state index in [-0.39, 0.29) is 6.10 Å². The van der Waals surface area contributed by atoms with Crippen molar-refractivity contribution in [3.8, 4) is 5.75 Å². The first-order chi connectivity index (χ1) is 8.29. The van der Waals surface area contributed by atoms with Crippen molar-refractivity contribution in [2.24, 2.45) is 5.90 Å². The topological polar surface area (TPSA) is 53.7 Å². The maximum absolute atomic E-state index is 6.15. The highest BCUT2D eigenvalue weighted by Gasteiger charge is 2.18. The Morgan fingerprint density at radius 3 is 3.00 bits per heavy atom. The van der Waals surface area contributed by atoms with Gasteiger partial charge in [0.15, 0.2) is 0 Å². The van der Waals surface area contributed by atoms with Gasteiger partial charge in [-0.1, -0.05) is 17.7 Å². The van der Waals surface area contributed by atoms with Crippen LogP contribution in [0.3, 0.4) is 0 Å². The molecule has 4 nitrogen and oxygen atoms in total. The molecule has 0 spiro atoms. The molecule has 1 fully saturated rings. The molecule has 0 radical (unpaired) electrons. The molecule has 0 aliphatic carbocycles. The quantitative estimate of drug-likeness (QED) is 0.819. The molecule has 1 atom stereocenters. The highest BCUT2D eigenvalue weighted by Crippen LogP contribution is 2.27. The molecule has 1 aliphatic heterocycles. The lowest BCUT2D eigenvalue weighted by molar-refractivity contribution is 0.140. The molecule has 1 aromatic carbocycles. The number of benzene rings is 1. The van der Waals surface area contributed by atoms with Crippen LogP contribution in [0.5, 0.6) is 5.75 Å². The smallest absolute Gasteiger partial charge is 0.138 e. The number of hydrogen-bond donors (Lipinski definition) is 1. The molecule has 17 heavy (non-hydrogen) atoms. The van der Waals surface area contributed by atoms with Gasteiger partial charge in [-0.2, -0.15) is 0 Å². The summed E-state index contributed by atoms with van der Waals surface area (Å²) in [6.07, 6.45) is 1.77. The Bertz CT molecular complexity index is 367. The van der Waals surface area contributed by atoms with Crippen LogP contribution in [0, 0.1) is 0 Å². The summed E-state index contributed by atoms with van der Waals surface area (Å²) in [6, 6.07) is 5.73. The number of rotatable bonds is 5. The minimum absolute atomic E-state index is 0.116. The lowest BCUT2D eigenvalue weighted by atomic mass is 10.1. The Labute approximate surface area is 106 Å². The monoisotopic (exact) mass is 257 g/mol. The largest absolute Gasteiger partial charge is 0.486 e. The summed E-state index contributed by atoms with van der Waals surface area (Å²) in [5.74, 6) is 5.69. The summed E-state index contributed by atoms with van der Waals surface area (Å²) < 4.78 is 11.0. The summed E-state index contributed by atoms with van der Waals surface area (Å²) in [6.45, 7) is 1.88. The Morgan fingerprint density at radius 1 is 1.47 bits per heavy atom. The molecule has 1 aromatic rings. The lowest BCUT2D eigenvalue weighted by Crippen LogP contribution is -2.15. The van der Waals surface area contributed by atoms with Gasteiger partial charge in [-0.25, -0.2) is 5.90 Å². The third-order valence-electron chi connectivity index (χ3n) is 2.69. The number of hydrogen-bond acceptors (Lipinski definition) is 4. The van der Waals surface area contributed by atoms with E-state index in [1.54, 1.807) is 0 Å². The SMILES string of the molecule is NOCCc1ccc(OC2CCOC2)c(Cl)c1. The van der Waals surface area contributed by atoms with Crippen molar-refractivity contribution in [1.82, 2.24) is 0 Å². The van der Waals surface area contributed by atoms with Crippen molar-refractivity contribution < 1.29 is 14.3 Å². The summed E-state index contributed by atoms with van der Waals surface area (Å²) in [5, 5.41) is 0.617. The van der Waals surface area contributed by atoms with E-state index in [1.165, 1.54) is 0 Å². The first kappa shape index (κ1) is 12.6. The van der Waals surface area contributed by atoms with Crippen LogP contribution in [0.15, 0.2) is 18.2 Å². The van der Waals surface area contributed by atoms with E-state index in [0.29, 0.717) is 24.0 Å². The van der Waals surface area contributed by atoms with E-state index in [4.69, 9.17) is 27.0 Å². The average molecular weight is 258 g/mol. The van der Waals surface area contributed by atoms with Crippen molar-refractivity contribution in [3.05, 3.63) is 28.8 Å². The Hall–Kier alpha value is -0.810. The van der Waals surface area contributed by atoms with Crippen LogP contribution in [-0.4, -0.2) is 25.9 Å². The highest BCUT2D eigenvalue weighted by atomic mass is 35.5. The second kappa shape index (κ2) is 6.21. The third-order valence-corrected chi connectivity index (χ3v) is 2.98. The maximum Gasteiger partial charge on any atom is 0.138 e. The van der Waals surface area contributed by atoms with Crippen LogP contribution >= 0.6 is 11.6 Å². The van der Waals surface area contributed by atoms with E-state index < -0.39 is 0 Å². The molecular formula is C12H16ClNO3. The molecule has 94 valence electrons. The van der Waals surface area contributed by atoms with Gasteiger partial charge in [0.25, 0.3) is 0 Å².